The third-order valence-electron chi connectivity index (χ3n) is 3.59. The lowest BCUT2D eigenvalue weighted by atomic mass is 10.1. The molecular weight excluding hydrogens is 357 g/mol. The van der Waals surface area contributed by atoms with Gasteiger partial charge in [0.2, 0.25) is 0 Å². The fraction of sp³-hybridized carbons (Fsp3) is 0.467. The van der Waals surface area contributed by atoms with E-state index in [1.165, 1.54) is 11.3 Å². The van der Waals surface area contributed by atoms with E-state index in [0.29, 0.717) is 4.88 Å². The predicted molar refractivity (Wildman–Crippen MR) is 97.1 cm³/mol. The molecule has 1 aliphatic heterocycles. The van der Waals surface area contributed by atoms with Crippen molar-refractivity contribution in [3.05, 3.63) is 28.5 Å². The third-order valence-corrected chi connectivity index (χ3v) is 4.76. The molecule has 23 heavy (non-hydrogen) atoms. The Morgan fingerprint density at radius 1 is 1.39 bits per heavy atom. The van der Waals surface area contributed by atoms with E-state index >= 15 is 0 Å². The molecule has 2 N–H and O–H groups in total. The second-order valence-electron chi connectivity index (χ2n) is 5.36. The summed E-state index contributed by atoms with van der Waals surface area (Å²) in [6, 6.07) is 4.00. The molecule has 1 atom stereocenters. The number of thiazole rings is 1. The minimum Gasteiger partial charge on any atom is -0.459 e. The second kappa shape index (κ2) is 8.68. The molecule has 3 heterocycles. The summed E-state index contributed by atoms with van der Waals surface area (Å²) in [6.07, 6.45) is 2.13. The first-order chi connectivity index (χ1) is 10.1. The number of halogens is 2. The molecular formula is C15H21Cl2N3O2S. The highest BCUT2D eigenvalue weighted by Gasteiger charge is 2.21. The van der Waals surface area contributed by atoms with Gasteiger partial charge in [-0.05, 0) is 45.4 Å². The van der Waals surface area contributed by atoms with Crippen molar-refractivity contribution >= 4 is 42.1 Å². The molecule has 3 rings (SSSR count). The number of nitrogens with one attached hydrogen (secondary N) is 2. The number of carbonyl (C=O) groups is 1. The van der Waals surface area contributed by atoms with Gasteiger partial charge in [-0.2, -0.15) is 0 Å². The fourth-order valence-electron chi connectivity index (χ4n) is 2.49. The van der Waals surface area contributed by atoms with Crippen molar-refractivity contribution in [3.8, 4) is 10.8 Å². The van der Waals surface area contributed by atoms with Crippen molar-refractivity contribution in [2.24, 2.45) is 0 Å². The highest BCUT2D eigenvalue weighted by atomic mass is 35.5. The number of hydrogen-bond donors (Lipinski definition) is 2. The summed E-state index contributed by atoms with van der Waals surface area (Å²) >= 11 is 1.39. The molecule has 0 saturated carbocycles. The lowest BCUT2D eigenvalue weighted by Crippen LogP contribution is -2.45. The molecule has 2 aromatic rings. The molecule has 8 heteroatoms. The van der Waals surface area contributed by atoms with Crippen LogP contribution in [0.2, 0.25) is 0 Å². The molecule has 5 nitrogen and oxygen atoms in total. The van der Waals surface area contributed by atoms with Gasteiger partial charge in [0.05, 0.1) is 5.69 Å². The van der Waals surface area contributed by atoms with Crippen LogP contribution in [0, 0.1) is 13.8 Å². The van der Waals surface area contributed by atoms with E-state index < -0.39 is 0 Å². The summed E-state index contributed by atoms with van der Waals surface area (Å²) < 4.78 is 5.57. The van der Waals surface area contributed by atoms with Gasteiger partial charge in [-0.1, -0.05) is 0 Å². The van der Waals surface area contributed by atoms with Crippen LogP contribution in [0.4, 0.5) is 0 Å². The molecule has 0 bridgehead atoms. The van der Waals surface area contributed by atoms with Gasteiger partial charge in [0, 0.05) is 12.6 Å². The lowest BCUT2D eigenvalue weighted by Gasteiger charge is -2.23. The summed E-state index contributed by atoms with van der Waals surface area (Å²) in [5.74, 6) is 1.53. The Morgan fingerprint density at radius 2 is 2.17 bits per heavy atom. The zero-order valence-electron chi connectivity index (χ0n) is 13.0. The van der Waals surface area contributed by atoms with E-state index in [0.717, 1.165) is 48.2 Å². The average molecular weight is 378 g/mol. The second-order valence-corrected chi connectivity index (χ2v) is 6.36. The topological polar surface area (TPSA) is 67.2 Å². The van der Waals surface area contributed by atoms with Gasteiger partial charge in [-0.15, -0.1) is 36.2 Å². The Bertz CT molecular complexity index is 651. The quantitative estimate of drug-likeness (QED) is 0.860. The number of nitrogens with zero attached hydrogens (tertiary/aromatic N) is 1. The summed E-state index contributed by atoms with van der Waals surface area (Å²) in [4.78, 5) is 17.5. The molecule has 2 aromatic heterocycles. The van der Waals surface area contributed by atoms with Gasteiger partial charge in [0.1, 0.15) is 10.6 Å². The minimum absolute atomic E-state index is 0. The average Bonchev–Trinajstić information content (AvgIpc) is 3.06. The summed E-state index contributed by atoms with van der Waals surface area (Å²) in [7, 11) is 0. The van der Waals surface area contributed by atoms with E-state index in [4.69, 9.17) is 4.42 Å². The minimum atomic E-state index is -0.0340. The molecule has 0 spiro atoms. The van der Waals surface area contributed by atoms with E-state index in [9.17, 15) is 4.79 Å². The Morgan fingerprint density at radius 3 is 2.78 bits per heavy atom. The van der Waals surface area contributed by atoms with Crippen molar-refractivity contribution in [2.75, 3.05) is 13.1 Å². The largest absolute Gasteiger partial charge is 0.459 e. The van der Waals surface area contributed by atoms with Crippen molar-refractivity contribution in [1.29, 1.82) is 0 Å². The molecule has 0 aromatic carbocycles. The number of furan rings is 1. The van der Waals surface area contributed by atoms with Crippen LogP contribution in [0.1, 0.15) is 34.0 Å². The first kappa shape index (κ1) is 20.0. The van der Waals surface area contributed by atoms with E-state index in [2.05, 4.69) is 15.6 Å². The highest BCUT2D eigenvalue weighted by molar-refractivity contribution is 7.17. The normalized spacial score (nSPS) is 17.0. The molecule has 1 amide bonds. The monoisotopic (exact) mass is 377 g/mol. The van der Waals surface area contributed by atoms with Crippen LogP contribution in [0.5, 0.6) is 0 Å². The van der Waals surface area contributed by atoms with E-state index in [1.807, 2.05) is 26.0 Å². The first-order valence-electron chi connectivity index (χ1n) is 7.19. The Labute approximate surface area is 152 Å². The highest BCUT2D eigenvalue weighted by Crippen LogP contribution is 2.29. The fourth-order valence-corrected chi connectivity index (χ4v) is 3.42. The van der Waals surface area contributed by atoms with Crippen LogP contribution in [0.25, 0.3) is 10.8 Å². The Balaban J connectivity index is 0.00000132. The number of hydrogen-bond acceptors (Lipinski definition) is 5. The van der Waals surface area contributed by atoms with E-state index in [1.54, 1.807) is 0 Å². The van der Waals surface area contributed by atoms with Crippen LogP contribution in [0.3, 0.4) is 0 Å². The Kier molecular flexibility index (Phi) is 7.54. The van der Waals surface area contributed by atoms with Crippen molar-refractivity contribution in [1.82, 2.24) is 15.6 Å². The molecule has 128 valence electrons. The van der Waals surface area contributed by atoms with Crippen LogP contribution >= 0.6 is 36.2 Å². The van der Waals surface area contributed by atoms with Gasteiger partial charge in [0.15, 0.2) is 10.8 Å². The number of piperidine rings is 1. The summed E-state index contributed by atoms with van der Waals surface area (Å²) in [5.41, 5.74) is 0.755. The molecule has 1 unspecified atom stereocenters. The van der Waals surface area contributed by atoms with Crippen LogP contribution in [-0.2, 0) is 0 Å². The summed E-state index contributed by atoms with van der Waals surface area (Å²) in [5, 5.41) is 7.14. The van der Waals surface area contributed by atoms with Gasteiger partial charge in [0.25, 0.3) is 5.91 Å². The van der Waals surface area contributed by atoms with E-state index in [-0.39, 0.29) is 36.8 Å². The summed E-state index contributed by atoms with van der Waals surface area (Å²) in [6.45, 7) is 5.64. The number of aryl methyl sites for hydroxylation is 2. The number of aromatic nitrogens is 1. The van der Waals surface area contributed by atoms with Gasteiger partial charge in [-0.25, -0.2) is 4.98 Å². The van der Waals surface area contributed by atoms with Crippen LogP contribution in [0.15, 0.2) is 16.5 Å². The molecule has 0 radical (unpaired) electrons. The van der Waals surface area contributed by atoms with Crippen molar-refractivity contribution < 1.29 is 9.21 Å². The number of rotatable bonds is 3. The molecule has 1 saturated heterocycles. The molecule has 1 aliphatic rings. The lowest BCUT2D eigenvalue weighted by molar-refractivity contribution is 0.0934. The van der Waals surface area contributed by atoms with Gasteiger partial charge in [-0.3, -0.25) is 4.79 Å². The van der Waals surface area contributed by atoms with Gasteiger partial charge < -0.3 is 15.1 Å². The molecule has 1 fully saturated rings. The SMILES string of the molecule is Cc1ccc(-c2nc(C)c(C(=O)NC3CCCNC3)s2)o1.Cl.Cl. The maximum absolute atomic E-state index is 12.4. The third kappa shape index (κ3) is 4.70. The van der Waals surface area contributed by atoms with Gasteiger partial charge >= 0.3 is 0 Å². The van der Waals surface area contributed by atoms with Crippen molar-refractivity contribution in [3.63, 3.8) is 0 Å². The van der Waals surface area contributed by atoms with Crippen LogP contribution < -0.4 is 10.6 Å². The number of amides is 1. The standard InChI is InChI=1S/C15H19N3O2S.2ClH/c1-9-5-6-12(20-9)15-17-10(2)13(21-15)14(19)18-11-4-3-7-16-8-11;;/h5-6,11,16H,3-4,7-8H2,1-2H3,(H,18,19);2*1H. The molecule has 0 aliphatic carbocycles. The zero-order chi connectivity index (χ0) is 14.8. The van der Waals surface area contributed by atoms with Crippen LogP contribution in [-0.4, -0.2) is 30.0 Å². The smallest absolute Gasteiger partial charge is 0.263 e. The Hall–Kier alpha value is -1.08. The first-order valence-corrected chi connectivity index (χ1v) is 8.01. The maximum atomic E-state index is 12.4. The number of carbonyl (C=O) groups excluding carboxylic acids is 1. The van der Waals surface area contributed by atoms with Crippen molar-refractivity contribution in [2.45, 2.75) is 32.7 Å². The maximum Gasteiger partial charge on any atom is 0.263 e. The zero-order valence-corrected chi connectivity index (χ0v) is 15.5. The predicted octanol–water partition coefficient (Wildman–Crippen LogP) is 3.35.